The van der Waals surface area contributed by atoms with E-state index in [2.05, 4.69) is 69.9 Å². The summed E-state index contributed by atoms with van der Waals surface area (Å²) in [7, 11) is 0. The predicted molar refractivity (Wildman–Crippen MR) is 155 cm³/mol. The molecule has 7 nitrogen and oxygen atoms in total. The van der Waals surface area contributed by atoms with Gasteiger partial charge in [-0.1, -0.05) is 72.2 Å². The lowest BCUT2D eigenvalue weighted by Gasteiger charge is -2.32. The molecule has 0 spiro atoms. The fourth-order valence-corrected chi connectivity index (χ4v) is 5.08. The van der Waals surface area contributed by atoms with Crippen LogP contribution in [0.25, 0.3) is 6.08 Å². The normalized spacial score (nSPS) is 17.1. The lowest BCUT2D eigenvalue weighted by molar-refractivity contribution is -0.120. The second kappa shape index (κ2) is 13.9. The highest BCUT2D eigenvalue weighted by molar-refractivity contribution is 5.76. The van der Waals surface area contributed by atoms with Crippen molar-refractivity contribution in [1.82, 2.24) is 19.8 Å². The van der Waals surface area contributed by atoms with Gasteiger partial charge in [0.2, 0.25) is 5.91 Å². The summed E-state index contributed by atoms with van der Waals surface area (Å²) in [6.07, 6.45) is 15.1. The summed E-state index contributed by atoms with van der Waals surface area (Å²) in [5, 5.41) is 6.41. The minimum Gasteiger partial charge on any atom is -0.363 e. The van der Waals surface area contributed by atoms with Crippen LogP contribution in [0.5, 0.6) is 0 Å². The van der Waals surface area contributed by atoms with Crippen molar-refractivity contribution < 1.29 is 4.79 Å². The highest BCUT2D eigenvalue weighted by Crippen LogP contribution is 2.20. The highest BCUT2D eigenvalue weighted by Gasteiger charge is 2.21. The Morgan fingerprint density at radius 2 is 1.84 bits per heavy atom. The summed E-state index contributed by atoms with van der Waals surface area (Å²) in [5.74, 6) is 0.546. The Balaban J connectivity index is 1.27. The number of nitrogens with zero attached hydrogens (tertiary/aromatic N) is 3. The molecular formula is C31H41N5O2. The van der Waals surface area contributed by atoms with Crippen molar-refractivity contribution in [2.45, 2.75) is 65.0 Å². The molecular weight excluding hydrogens is 474 g/mol. The molecule has 2 aliphatic rings. The van der Waals surface area contributed by atoms with Gasteiger partial charge in [0.25, 0.3) is 5.56 Å². The van der Waals surface area contributed by atoms with Crippen LogP contribution in [0.1, 0.15) is 57.9 Å². The minimum absolute atomic E-state index is 0.0703. The number of likely N-dealkylation sites (tertiary alicyclic amines) is 1. The zero-order valence-electron chi connectivity index (χ0n) is 22.8. The van der Waals surface area contributed by atoms with Crippen LogP contribution in [0.15, 0.2) is 76.4 Å². The molecule has 1 saturated heterocycles. The molecule has 7 heteroatoms. The van der Waals surface area contributed by atoms with Gasteiger partial charge >= 0.3 is 0 Å². The molecule has 2 N–H and O–H groups in total. The van der Waals surface area contributed by atoms with Gasteiger partial charge in [-0.3, -0.25) is 14.5 Å². The molecule has 1 aliphatic carbocycles. The van der Waals surface area contributed by atoms with E-state index < -0.39 is 0 Å². The lowest BCUT2D eigenvalue weighted by Crippen LogP contribution is -2.41. The number of rotatable bonds is 11. The molecule has 1 aromatic heterocycles. The molecule has 1 amide bonds. The predicted octanol–water partition coefficient (Wildman–Crippen LogP) is 4.79. The zero-order valence-corrected chi connectivity index (χ0v) is 22.8. The first kappa shape index (κ1) is 27.6. The van der Waals surface area contributed by atoms with Gasteiger partial charge in [0.15, 0.2) is 5.82 Å². The third kappa shape index (κ3) is 8.28. The number of benzene rings is 1. The Morgan fingerprint density at radius 3 is 2.55 bits per heavy atom. The first-order valence-electron chi connectivity index (χ1n) is 13.9. The number of carbonyl (C=O) groups excluding carboxylic acids is 1. The van der Waals surface area contributed by atoms with Crippen molar-refractivity contribution in [3.8, 4) is 0 Å². The van der Waals surface area contributed by atoms with Crippen LogP contribution < -0.4 is 16.2 Å². The molecule has 2 aromatic rings. The molecule has 202 valence electrons. The molecule has 0 atom stereocenters. The van der Waals surface area contributed by atoms with Crippen LogP contribution >= 0.6 is 0 Å². The first-order valence-corrected chi connectivity index (χ1v) is 13.9. The van der Waals surface area contributed by atoms with Crippen LogP contribution in [0.3, 0.4) is 0 Å². The Kier molecular flexibility index (Phi) is 10.1. The average Bonchev–Trinajstić information content (AvgIpc) is 2.92. The Bertz CT molecular complexity index is 1220. The van der Waals surface area contributed by atoms with Crippen molar-refractivity contribution in [2.24, 2.45) is 0 Å². The average molecular weight is 516 g/mol. The number of aromatic nitrogens is 2. The molecule has 2 heterocycles. The Morgan fingerprint density at radius 1 is 1.11 bits per heavy atom. The fraction of sp³-hybridized carbons (Fsp3) is 0.452. The van der Waals surface area contributed by atoms with E-state index in [0.29, 0.717) is 25.3 Å². The number of amides is 1. The maximum atomic E-state index is 13.1. The van der Waals surface area contributed by atoms with Gasteiger partial charge in [-0.2, -0.15) is 0 Å². The number of carbonyl (C=O) groups is 1. The van der Waals surface area contributed by atoms with Crippen LogP contribution in [-0.2, 0) is 11.3 Å². The Labute approximate surface area is 226 Å². The summed E-state index contributed by atoms with van der Waals surface area (Å²) >= 11 is 0. The molecule has 1 aliphatic heterocycles. The number of nitrogens with one attached hydrogen (secondary N) is 2. The summed E-state index contributed by atoms with van der Waals surface area (Å²) in [6, 6.07) is 10.7. The van der Waals surface area contributed by atoms with Crippen molar-refractivity contribution in [2.75, 3.05) is 31.5 Å². The van der Waals surface area contributed by atoms with Crippen LogP contribution in [0, 0.1) is 0 Å². The SMILES string of the molecule is CCCC(=O)NCC1=CC=C(Cn2ccnc(NC3CCN(C/C(C)=C/c4ccccc4)CC3)c2=O)CC1. The van der Waals surface area contributed by atoms with E-state index in [1.54, 1.807) is 17.0 Å². The standard InChI is InChI=1S/C31H41N5O2/c1-3-7-29(37)33-21-26-10-12-27(13-11-26)23-36-19-16-32-30(31(36)38)34-28-14-17-35(18-15-28)22-24(2)20-25-8-5-4-6-9-25/h4-6,8-10,12,16,19-20,28H,3,7,11,13-15,17-18,21-23H2,1-2H3,(H,32,34)(H,33,37)/b24-20+. The van der Waals surface area contributed by atoms with Gasteiger partial charge in [-0.25, -0.2) is 4.98 Å². The van der Waals surface area contributed by atoms with E-state index in [1.807, 2.05) is 13.0 Å². The maximum absolute atomic E-state index is 13.1. The zero-order chi connectivity index (χ0) is 26.7. The highest BCUT2D eigenvalue weighted by atomic mass is 16.1. The third-order valence-electron chi connectivity index (χ3n) is 7.21. The van der Waals surface area contributed by atoms with E-state index in [-0.39, 0.29) is 17.5 Å². The third-order valence-corrected chi connectivity index (χ3v) is 7.21. The molecule has 0 radical (unpaired) electrons. The molecule has 1 fully saturated rings. The molecule has 0 bridgehead atoms. The van der Waals surface area contributed by atoms with E-state index in [1.165, 1.54) is 22.3 Å². The fourth-order valence-electron chi connectivity index (χ4n) is 5.08. The van der Waals surface area contributed by atoms with Gasteiger partial charge in [-0.15, -0.1) is 0 Å². The smallest absolute Gasteiger partial charge is 0.293 e. The topological polar surface area (TPSA) is 79.3 Å². The van der Waals surface area contributed by atoms with Gasteiger partial charge in [0.1, 0.15) is 0 Å². The van der Waals surface area contributed by atoms with Crippen LogP contribution in [0.2, 0.25) is 0 Å². The number of allylic oxidation sites excluding steroid dienone is 3. The minimum atomic E-state index is -0.0703. The molecule has 0 saturated carbocycles. The van der Waals surface area contributed by atoms with E-state index in [0.717, 1.165) is 51.7 Å². The van der Waals surface area contributed by atoms with E-state index in [9.17, 15) is 9.59 Å². The molecule has 0 unspecified atom stereocenters. The van der Waals surface area contributed by atoms with Crippen molar-refractivity contribution in [3.63, 3.8) is 0 Å². The maximum Gasteiger partial charge on any atom is 0.293 e. The number of hydrogen-bond acceptors (Lipinski definition) is 5. The lowest BCUT2D eigenvalue weighted by atomic mass is 9.98. The monoisotopic (exact) mass is 515 g/mol. The summed E-state index contributed by atoms with van der Waals surface area (Å²) < 4.78 is 1.75. The second-order valence-electron chi connectivity index (χ2n) is 10.5. The molecule has 4 rings (SSSR count). The van der Waals surface area contributed by atoms with Crippen molar-refractivity contribution in [1.29, 1.82) is 0 Å². The largest absolute Gasteiger partial charge is 0.363 e. The number of piperidine rings is 1. The quantitative estimate of drug-likeness (QED) is 0.450. The first-order chi connectivity index (χ1) is 18.5. The summed E-state index contributed by atoms with van der Waals surface area (Å²) in [6.45, 7) is 8.33. The molecule has 1 aromatic carbocycles. The van der Waals surface area contributed by atoms with Gasteiger partial charge < -0.3 is 15.2 Å². The van der Waals surface area contributed by atoms with Crippen molar-refractivity contribution in [3.05, 3.63) is 87.5 Å². The van der Waals surface area contributed by atoms with Crippen LogP contribution in [0.4, 0.5) is 5.82 Å². The van der Waals surface area contributed by atoms with Crippen molar-refractivity contribution >= 4 is 17.8 Å². The molecule has 38 heavy (non-hydrogen) atoms. The van der Waals surface area contributed by atoms with Crippen LogP contribution in [-0.4, -0.2) is 52.6 Å². The number of hydrogen-bond donors (Lipinski definition) is 2. The summed E-state index contributed by atoms with van der Waals surface area (Å²) in [4.78, 5) is 31.7. The second-order valence-corrected chi connectivity index (χ2v) is 10.5. The number of anilines is 1. The Hall–Kier alpha value is -3.45. The van der Waals surface area contributed by atoms with Gasteiger partial charge in [-0.05, 0) is 44.6 Å². The summed E-state index contributed by atoms with van der Waals surface area (Å²) in [5.41, 5.74) is 4.96. The van der Waals surface area contributed by atoms with E-state index >= 15 is 0 Å². The van der Waals surface area contributed by atoms with E-state index in [4.69, 9.17) is 0 Å². The van der Waals surface area contributed by atoms with Gasteiger partial charge in [0, 0.05) is 57.6 Å². The van der Waals surface area contributed by atoms with Gasteiger partial charge in [0.05, 0.1) is 0 Å².